The van der Waals surface area contributed by atoms with Crippen LogP contribution in [0.2, 0.25) is 0 Å². The predicted octanol–water partition coefficient (Wildman–Crippen LogP) is 1.85. The molecule has 0 amide bonds. The molecule has 0 aliphatic rings. The lowest BCUT2D eigenvalue weighted by Crippen LogP contribution is -2.38. The van der Waals surface area contributed by atoms with Crippen molar-refractivity contribution in [3.8, 4) is 0 Å². The lowest BCUT2D eigenvalue weighted by atomic mass is 9.95. The fourth-order valence-electron chi connectivity index (χ4n) is 2.24. The van der Waals surface area contributed by atoms with Crippen molar-refractivity contribution in [2.24, 2.45) is 5.73 Å². The van der Waals surface area contributed by atoms with Crippen molar-refractivity contribution in [1.82, 2.24) is 4.72 Å². The number of nitrogens with one attached hydrogen (secondary N) is 1. The van der Waals surface area contributed by atoms with Crippen molar-refractivity contribution >= 4 is 10.0 Å². The molecule has 3 N–H and O–H groups in total. The third kappa shape index (κ3) is 2.99. The first-order chi connectivity index (χ1) is 8.63. The van der Waals surface area contributed by atoms with E-state index in [0.29, 0.717) is 4.90 Å². The van der Waals surface area contributed by atoms with Crippen molar-refractivity contribution < 1.29 is 8.42 Å². The van der Waals surface area contributed by atoms with E-state index < -0.39 is 10.0 Å². The summed E-state index contributed by atoms with van der Waals surface area (Å²) in [6.07, 6.45) is 0. The van der Waals surface area contributed by atoms with Crippen LogP contribution in [0.1, 0.15) is 34.7 Å². The van der Waals surface area contributed by atoms with Crippen LogP contribution in [-0.2, 0) is 10.0 Å². The summed E-state index contributed by atoms with van der Waals surface area (Å²) in [5, 5.41) is 0. The van der Waals surface area contributed by atoms with E-state index in [0.717, 1.165) is 27.8 Å². The van der Waals surface area contributed by atoms with E-state index in [1.165, 1.54) is 0 Å². The summed E-state index contributed by atoms with van der Waals surface area (Å²) < 4.78 is 27.6. The molecule has 1 rings (SSSR count). The largest absolute Gasteiger partial charge is 0.329 e. The maximum atomic E-state index is 12.5. The number of sulfonamides is 1. The smallest absolute Gasteiger partial charge is 0.241 e. The van der Waals surface area contributed by atoms with Gasteiger partial charge in [-0.25, -0.2) is 13.1 Å². The van der Waals surface area contributed by atoms with E-state index in [4.69, 9.17) is 5.73 Å². The predicted molar refractivity (Wildman–Crippen MR) is 79.0 cm³/mol. The van der Waals surface area contributed by atoms with E-state index in [-0.39, 0.29) is 12.6 Å². The van der Waals surface area contributed by atoms with Crippen LogP contribution in [0.3, 0.4) is 0 Å². The zero-order valence-electron chi connectivity index (χ0n) is 12.6. The molecule has 4 nitrogen and oxygen atoms in total. The van der Waals surface area contributed by atoms with Gasteiger partial charge in [0.25, 0.3) is 0 Å². The van der Waals surface area contributed by atoms with E-state index in [2.05, 4.69) is 4.72 Å². The van der Waals surface area contributed by atoms with Crippen molar-refractivity contribution in [3.05, 3.63) is 27.8 Å². The molecule has 0 radical (unpaired) electrons. The molecular formula is C14H24N2O2S. The first kappa shape index (κ1) is 16.1. The molecule has 108 valence electrons. The zero-order valence-corrected chi connectivity index (χ0v) is 13.4. The average molecular weight is 284 g/mol. The summed E-state index contributed by atoms with van der Waals surface area (Å²) in [6.45, 7) is 11.7. The monoisotopic (exact) mass is 284 g/mol. The molecule has 19 heavy (non-hydrogen) atoms. The first-order valence-electron chi connectivity index (χ1n) is 6.42. The van der Waals surface area contributed by atoms with E-state index in [1.54, 1.807) is 6.92 Å². The minimum absolute atomic E-state index is 0.272. The third-order valence-electron chi connectivity index (χ3n) is 3.91. The summed E-state index contributed by atoms with van der Waals surface area (Å²) in [4.78, 5) is 0.397. The highest BCUT2D eigenvalue weighted by Gasteiger charge is 2.24. The third-order valence-corrected chi connectivity index (χ3v) is 5.77. The van der Waals surface area contributed by atoms with Gasteiger partial charge in [-0.2, -0.15) is 0 Å². The van der Waals surface area contributed by atoms with Gasteiger partial charge in [0.15, 0.2) is 0 Å². The van der Waals surface area contributed by atoms with Crippen LogP contribution in [0.5, 0.6) is 0 Å². The lowest BCUT2D eigenvalue weighted by Gasteiger charge is -2.20. The number of hydrogen-bond acceptors (Lipinski definition) is 3. The zero-order chi connectivity index (χ0) is 15.0. The van der Waals surface area contributed by atoms with Crippen LogP contribution in [0, 0.1) is 34.6 Å². The van der Waals surface area contributed by atoms with Gasteiger partial charge in [0.1, 0.15) is 0 Å². The molecule has 1 aromatic carbocycles. The Kier molecular flexibility index (Phi) is 4.76. The summed E-state index contributed by atoms with van der Waals surface area (Å²) in [5.41, 5.74) is 10.3. The fraction of sp³-hybridized carbons (Fsp3) is 0.571. The molecule has 0 saturated heterocycles. The molecule has 0 saturated carbocycles. The number of hydrogen-bond donors (Lipinski definition) is 2. The quantitative estimate of drug-likeness (QED) is 0.886. The highest BCUT2D eigenvalue weighted by atomic mass is 32.2. The molecule has 5 heteroatoms. The molecule has 0 aliphatic carbocycles. The van der Waals surface area contributed by atoms with Crippen molar-refractivity contribution in [2.45, 2.75) is 52.5 Å². The molecule has 0 unspecified atom stereocenters. The molecule has 0 fully saturated rings. The number of benzene rings is 1. The molecule has 0 aromatic heterocycles. The highest BCUT2D eigenvalue weighted by molar-refractivity contribution is 7.89. The Morgan fingerprint density at radius 2 is 1.32 bits per heavy atom. The number of rotatable bonds is 4. The van der Waals surface area contributed by atoms with Gasteiger partial charge in [-0.1, -0.05) is 0 Å². The fourth-order valence-corrected chi connectivity index (χ4v) is 4.10. The Hall–Kier alpha value is -0.910. The summed E-state index contributed by atoms with van der Waals surface area (Å²) in [5.74, 6) is 0. The molecule has 0 aliphatic heterocycles. The van der Waals surface area contributed by atoms with Gasteiger partial charge in [0, 0.05) is 12.6 Å². The van der Waals surface area contributed by atoms with Crippen LogP contribution in [-0.4, -0.2) is 21.0 Å². The van der Waals surface area contributed by atoms with Crippen LogP contribution in [0.15, 0.2) is 4.90 Å². The van der Waals surface area contributed by atoms with E-state index in [1.807, 2.05) is 34.6 Å². The summed E-state index contributed by atoms with van der Waals surface area (Å²) >= 11 is 0. The Balaban J connectivity index is 3.52. The average Bonchev–Trinajstić information content (AvgIpc) is 2.33. The first-order valence-corrected chi connectivity index (χ1v) is 7.91. The molecule has 0 spiro atoms. The van der Waals surface area contributed by atoms with E-state index >= 15 is 0 Å². The molecule has 1 aromatic rings. The van der Waals surface area contributed by atoms with Gasteiger partial charge in [-0.15, -0.1) is 0 Å². The van der Waals surface area contributed by atoms with Crippen LogP contribution in [0.25, 0.3) is 0 Å². The van der Waals surface area contributed by atoms with Crippen LogP contribution < -0.4 is 10.5 Å². The Morgan fingerprint density at radius 3 is 1.68 bits per heavy atom. The van der Waals surface area contributed by atoms with Gasteiger partial charge >= 0.3 is 0 Å². The second kappa shape index (κ2) is 5.61. The van der Waals surface area contributed by atoms with Gasteiger partial charge in [-0.3, -0.25) is 0 Å². The topological polar surface area (TPSA) is 72.2 Å². The second-order valence-corrected chi connectivity index (χ2v) is 6.86. The molecular weight excluding hydrogens is 260 g/mol. The Bertz CT molecular complexity index is 563. The second-order valence-electron chi connectivity index (χ2n) is 5.21. The van der Waals surface area contributed by atoms with Crippen LogP contribution in [0.4, 0.5) is 0 Å². The van der Waals surface area contributed by atoms with Crippen molar-refractivity contribution in [3.63, 3.8) is 0 Å². The minimum atomic E-state index is -3.52. The highest BCUT2D eigenvalue weighted by Crippen LogP contribution is 2.29. The SMILES string of the molecule is Cc1c(C)c(C)c(S(=O)(=O)N[C@@H](C)CN)c(C)c1C. The van der Waals surface area contributed by atoms with Gasteiger partial charge in [0.05, 0.1) is 4.90 Å². The number of nitrogens with two attached hydrogens (primary N) is 1. The van der Waals surface area contributed by atoms with Crippen LogP contribution >= 0.6 is 0 Å². The van der Waals surface area contributed by atoms with Crippen molar-refractivity contribution in [2.75, 3.05) is 6.54 Å². The lowest BCUT2D eigenvalue weighted by molar-refractivity contribution is 0.561. The van der Waals surface area contributed by atoms with Gasteiger partial charge in [0.2, 0.25) is 10.0 Å². The standard InChI is InChI=1S/C14H24N2O2S/c1-8(7-15)16-19(17,18)14-12(5)10(3)9(2)11(4)13(14)6/h8,16H,7,15H2,1-6H3/t8-/m0/s1. The maximum absolute atomic E-state index is 12.5. The Labute approximate surface area is 116 Å². The van der Waals surface area contributed by atoms with Gasteiger partial charge in [-0.05, 0) is 69.4 Å². The molecule has 1 atom stereocenters. The summed E-state index contributed by atoms with van der Waals surface area (Å²) in [7, 11) is -3.52. The summed E-state index contributed by atoms with van der Waals surface area (Å²) in [6, 6.07) is -0.272. The maximum Gasteiger partial charge on any atom is 0.241 e. The van der Waals surface area contributed by atoms with E-state index in [9.17, 15) is 8.42 Å². The molecule has 0 heterocycles. The van der Waals surface area contributed by atoms with Gasteiger partial charge < -0.3 is 5.73 Å². The minimum Gasteiger partial charge on any atom is -0.329 e. The Morgan fingerprint density at radius 1 is 0.947 bits per heavy atom. The normalized spacial score (nSPS) is 13.6. The molecule has 0 bridgehead atoms. The van der Waals surface area contributed by atoms with Crippen molar-refractivity contribution in [1.29, 1.82) is 0 Å².